The molecule has 1 amide bonds. The second kappa shape index (κ2) is 7.53. The van der Waals surface area contributed by atoms with E-state index in [2.05, 4.69) is 26.9 Å². The molecule has 6 rings (SSSR count). The van der Waals surface area contributed by atoms with Crippen LogP contribution in [0.15, 0.2) is 18.2 Å². The van der Waals surface area contributed by atoms with E-state index in [-0.39, 0.29) is 5.91 Å². The predicted octanol–water partition coefficient (Wildman–Crippen LogP) is 3.23. The van der Waals surface area contributed by atoms with E-state index in [9.17, 15) is 4.79 Å². The van der Waals surface area contributed by atoms with E-state index in [1.807, 2.05) is 6.07 Å². The summed E-state index contributed by atoms with van der Waals surface area (Å²) in [6.07, 6.45) is 7.23. The van der Waals surface area contributed by atoms with Gasteiger partial charge < -0.3 is 14.6 Å². The molecule has 1 aromatic carbocycles. The van der Waals surface area contributed by atoms with Crippen LogP contribution in [0.4, 0.5) is 0 Å². The van der Waals surface area contributed by atoms with E-state index in [1.54, 1.807) is 7.11 Å². The number of carbonyl (C=O) groups excluding carboxylic acids is 1. The monoisotopic (exact) mass is 381 g/mol. The molecule has 0 spiro atoms. The van der Waals surface area contributed by atoms with Crippen LogP contribution in [-0.4, -0.2) is 66.6 Å². The number of aromatic nitrogens is 1. The summed E-state index contributed by atoms with van der Waals surface area (Å²) < 4.78 is 5.29. The van der Waals surface area contributed by atoms with Gasteiger partial charge in [0, 0.05) is 61.5 Å². The number of nitrogens with zero attached hydrogens (tertiary/aromatic N) is 2. The van der Waals surface area contributed by atoms with Gasteiger partial charge in [-0.15, -0.1) is 0 Å². The fourth-order valence-corrected chi connectivity index (χ4v) is 5.55. The number of benzene rings is 1. The molecule has 1 aromatic heterocycles. The number of ether oxygens (including phenoxy) is 1. The number of H-pyrrole nitrogens is 1. The lowest BCUT2D eigenvalue weighted by atomic mass is 9.95. The molecular weight excluding hydrogens is 350 g/mol. The van der Waals surface area contributed by atoms with Gasteiger partial charge in [-0.3, -0.25) is 9.69 Å². The highest BCUT2D eigenvalue weighted by molar-refractivity contribution is 5.99. The smallest absolute Gasteiger partial charge is 0.253 e. The fourth-order valence-electron chi connectivity index (χ4n) is 5.55. The van der Waals surface area contributed by atoms with Crippen molar-refractivity contribution in [1.29, 1.82) is 0 Å². The van der Waals surface area contributed by atoms with Crippen LogP contribution in [0, 0.1) is 5.92 Å². The van der Waals surface area contributed by atoms with Crippen molar-refractivity contribution in [3.05, 3.63) is 35.0 Å². The standard InChI is InChI=1S/C23H31N3O2/c1-28-11-10-25-13-16-6-8-18(25)15-26(14-16)23(27)17-7-9-22-20(12-17)19-4-2-3-5-21(19)24-22/h7,9,12,16,18,24H,2-6,8,10-11,13-15H2,1H3/t16-,18-/m1/s1. The van der Waals surface area contributed by atoms with Gasteiger partial charge in [-0.2, -0.15) is 0 Å². The zero-order chi connectivity index (χ0) is 19.1. The third kappa shape index (κ3) is 3.25. The van der Waals surface area contributed by atoms with Crippen LogP contribution in [0.2, 0.25) is 0 Å². The predicted molar refractivity (Wildman–Crippen MR) is 111 cm³/mol. The van der Waals surface area contributed by atoms with Crippen LogP contribution in [0.5, 0.6) is 0 Å². The highest BCUT2D eigenvalue weighted by Gasteiger charge is 2.36. The average molecular weight is 382 g/mol. The first-order valence-electron chi connectivity index (χ1n) is 10.9. The quantitative estimate of drug-likeness (QED) is 0.885. The number of fused-ring (bicyclic) bond motifs is 7. The van der Waals surface area contributed by atoms with Crippen LogP contribution >= 0.6 is 0 Å². The molecular formula is C23H31N3O2. The number of nitrogens with one attached hydrogen (secondary N) is 1. The Kier molecular flexibility index (Phi) is 4.89. The molecule has 1 aliphatic carbocycles. The molecule has 0 unspecified atom stereocenters. The van der Waals surface area contributed by atoms with E-state index >= 15 is 0 Å². The van der Waals surface area contributed by atoms with Gasteiger partial charge in [-0.25, -0.2) is 0 Å². The van der Waals surface area contributed by atoms with Gasteiger partial charge in [0.15, 0.2) is 0 Å². The SMILES string of the molecule is COCCN1C[C@H]2CC[C@@H]1CN(C(=O)c1ccc3[nH]c4c(c3c1)CCCC4)C2. The summed E-state index contributed by atoms with van der Waals surface area (Å²) in [5, 5.41) is 1.26. The van der Waals surface area contributed by atoms with Crippen molar-refractivity contribution >= 4 is 16.8 Å². The molecule has 2 atom stereocenters. The van der Waals surface area contributed by atoms with Crippen molar-refractivity contribution in [2.24, 2.45) is 5.92 Å². The molecule has 3 saturated heterocycles. The maximum Gasteiger partial charge on any atom is 0.253 e. The number of carbonyl (C=O) groups is 1. The second-order valence-corrected chi connectivity index (χ2v) is 8.84. The molecule has 0 saturated carbocycles. The molecule has 5 heteroatoms. The lowest BCUT2D eigenvalue weighted by Crippen LogP contribution is -2.45. The normalized spacial score (nSPS) is 25.1. The maximum absolute atomic E-state index is 13.4. The molecule has 0 radical (unpaired) electrons. The highest BCUT2D eigenvalue weighted by atomic mass is 16.5. The van der Waals surface area contributed by atoms with Gasteiger partial charge in [0.05, 0.1) is 6.61 Å². The van der Waals surface area contributed by atoms with Gasteiger partial charge in [-0.05, 0) is 68.2 Å². The Morgan fingerprint density at radius 1 is 1.18 bits per heavy atom. The molecule has 3 fully saturated rings. The summed E-state index contributed by atoms with van der Waals surface area (Å²) in [6, 6.07) is 6.75. The number of amides is 1. The Labute approximate surface area is 167 Å². The zero-order valence-electron chi connectivity index (χ0n) is 16.9. The molecule has 4 aliphatic rings. The number of aryl methyl sites for hydroxylation is 2. The first-order valence-corrected chi connectivity index (χ1v) is 10.9. The number of rotatable bonds is 4. The first kappa shape index (κ1) is 18.2. The van der Waals surface area contributed by atoms with Gasteiger partial charge in [0.25, 0.3) is 5.91 Å². The minimum atomic E-state index is 0.207. The Bertz CT molecular complexity index is 874. The van der Waals surface area contributed by atoms with Crippen molar-refractivity contribution in [2.45, 2.75) is 44.6 Å². The van der Waals surface area contributed by atoms with Crippen LogP contribution in [-0.2, 0) is 17.6 Å². The third-order valence-corrected chi connectivity index (χ3v) is 7.04. The fraction of sp³-hybridized carbons (Fsp3) is 0.609. The topological polar surface area (TPSA) is 48.6 Å². The van der Waals surface area contributed by atoms with Crippen molar-refractivity contribution in [3.8, 4) is 0 Å². The maximum atomic E-state index is 13.4. The van der Waals surface area contributed by atoms with Crippen molar-refractivity contribution < 1.29 is 9.53 Å². The lowest BCUT2D eigenvalue weighted by Gasteiger charge is -2.35. The molecule has 2 aromatic rings. The highest BCUT2D eigenvalue weighted by Crippen LogP contribution is 2.31. The average Bonchev–Trinajstić information content (AvgIpc) is 2.85. The Balaban J connectivity index is 1.39. The number of aromatic amines is 1. The number of hydrogen-bond acceptors (Lipinski definition) is 3. The van der Waals surface area contributed by atoms with Gasteiger partial charge in [0.2, 0.25) is 0 Å². The Hall–Kier alpha value is -1.85. The molecule has 2 bridgehead atoms. The third-order valence-electron chi connectivity index (χ3n) is 7.04. The van der Waals surface area contributed by atoms with E-state index < -0.39 is 0 Å². The molecule has 150 valence electrons. The second-order valence-electron chi connectivity index (χ2n) is 8.84. The van der Waals surface area contributed by atoms with E-state index in [0.717, 1.165) is 51.2 Å². The van der Waals surface area contributed by atoms with Crippen molar-refractivity contribution in [1.82, 2.24) is 14.8 Å². The van der Waals surface area contributed by atoms with Crippen LogP contribution in [0.25, 0.3) is 10.9 Å². The number of hydrogen-bond donors (Lipinski definition) is 1. The molecule has 3 aliphatic heterocycles. The number of methoxy groups -OCH3 is 1. The Morgan fingerprint density at radius 3 is 2.96 bits per heavy atom. The summed E-state index contributed by atoms with van der Waals surface area (Å²) in [5.41, 5.74) is 4.86. The van der Waals surface area contributed by atoms with Crippen LogP contribution < -0.4 is 0 Å². The molecule has 5 nitrogen and oxygen atoms in total. The van der Waals surface area contributed by atoms with Gasteiger partial charge in [0.1, 0.15) is 0 Å². The molecule has 28 heavy (non-hydrogen) atoms. The van der Waals surface area contributed by atoms with Crippen molar-refractivity contribution in [2.75, 3.05) is 39.9 Å². The van der Waals surface area contributed by atoms with Gasteiger partial charge in [-0.1, -0.05) is 0 Å². The van der Waals surface area contributed by atoms with Crippen LogP contribution in [0.1, 0.15) is 47.3 Å². The Morgan fingerprint density at radius 2 is 2.07 bits per heavy atom. The number of piperidine rings is 1. The lowest BCUT2D eigenvalue weighted by molar-refractivity contribution is 0.0718. The van der Waals surface area contributed by atoms with E-state index in [4.69, 9.17) is 4.74 Å². The van der Waals surface area contributed by atoms with E-state index in [0.29, 0.717) is 12.0 Å². The summed E-state index contributed by atoms with van der Waals surface area (Å²) in [6.45, 7) is 4.58. The summed E-state index contributed by atoms with van der Waals surface area (Å²) in [5.74, 6) is 0.793. The summed E-state index contributed by atoms with van der Waals surface area (Å²) >= 11 is 0. The minimum Gasteiger partial charge on any atom is -0.383 e. The largest absolute Gasteiger partial charge is 0.383 e. The van der Waals surface area contributed by atoms with E-state index in [1.165, 1.54) is 47.8 Å². The van der Waals surface area contributed by atoms with Crippen LogP contribution in [0.3, 0.4) is 0 Å². The summed E-state index contributed by atoms with van der Waals surface area (Å²) in [7, 11) is 1.77. The molecule has 1 N–H and O–H groups in total. The van der Waals surface area contributed by atoms with Gasteiger partial charge >= 0.3 is 0 Å². The minimum absolute atomic E-state index is 0.207. The van der Waals surface area contributed by atoms with Crippen molar-refractivity contribution in [3.63, 3.8) is 0 Å². The first-order chi connectivity index (χ1) is 13.7. The zero-order valence-corrected chi connectivity index (χ0v) is 16.9. The molecule has 4 heterocycles. The summed E-state index contributed by atoms with van der Waals surface area (Å²) in [4.78, 5) is 21.6.